The van der Waals surface area contributed by atoms with Gasteiger partial charge in [-0.05, 0) is 0 Å². The Morgan fingerprint density at radius 3 is 2.27 bits per heavy atom. The summed E-state index contributed by atoms with van der Waals surface area (Å²) in [5.74, 6) is 0.516. The van der Waals surface area contributed by atoms with E-state index in [1.54, 1.807) is 29.0 Å². The first-order valence-electron chi connectivity index (χ1n) is 12.7. The van der Waals surface area contributed by atoms with Gasteiger partial charge in [0.05, 0.1) is 0 Å². The van der Waals surface area contributed by atoms with E-state index in [4.69, 9.17) is 4.98 Å². The summed E-state index contributed by atoms with van der Waals surface area (Å²) >= 11 is -0.942. The fourth-order valence-electron chi connectivity index (χ4n) is 4.78. The normalized spacial score (nSPS) is 18.9. The van der Waals surface area contributed by atoms with Crippen molar-refractivity contribution in [1.82, 2.24) is 19.7 Å². The summed E-state index contributed by atoms with van der Waals surface area (Å²) in [5.41, 5.74) is -0.927. The summed E-state index contributed by atoms with van der Waals surface area (Å²) in [6.07, 6.45) is 15.4. The Bertz CT molecular complexity index is 893. The van der Waals surface area contributed by atoms with E-state index in [2.05, 4.69) is 38.0 Å². The number of unbranched alkanes of at least 4 members (excludes halogenated alkanes) is 3. The number of hydrogen-bond acceptors (Lipinski definition) is 4. The van der Waals surface area contributed by atoms with Crippen LogP contribution in [0.25, 0.3) is 5.82 Å². The second-order valence-electron chi connectivity index (χ2n) is 9.61. The van der Waals surface area contributed by atoms with Crippen molar-refractivity contribution in [2.75, 3.05) is 13.6 Å². The molecule has 33 heavy (non-hydrogen) atoms. The van der Waals surface area contributed by atoms with Gasteiger partial charge in [-0.3, -0.25) is 0 Å². The van der Waals surface area contributed by atoms with Gasteiger partial charge >= 0.3 is 210 Å². The van der Waals surface area contributed by atoms with Crippen LogP contribution >= 0.6 is 0 Å². The summed E-state index contributed by atoms with van der Waals surface area (Å²) in [6, 6.07) is 6.27. The van der Waals surface area contributed by atoms with Crippen molar-refractivity contribution >= 4 is 30.8 Å². The molecule has 1 amide bonds. The third kappa shape index (κ3) is 6.18. The van der Waals surface area contributed by atoms with Gasteiger partial charge in [-0.2, -0.15) is 0 Å². The van der Waals surface area contributed by atoms with Crippen molar-refractivity contribution in [3.8, 4) is 5.82 Å². The van der Waals surface area contributed by atoms with E-state index < -0.39 is 26.7 Å². The number of carbonyl (C=O) groups is 1. The van der Waals surface area contributed by atoms with E-state index in [1.807, 2.05) is 6.07 Å². The molecule has 1 saturated heterocycles. The SMILES string of the molecule is CCCC[C](CCCC)(CCCC)[Sn][c]1cccc(-n2cc(C3(O)CCN(C)C3=O)cn2)n1. The number of likely N-dealkylation sites (N-methyl/N-ethyl adjacent to an activating group) is 1. The summed E-state index contributed by atoms with van der Waals surface area (Å²) < 4.78 is 3.46. The number of pyridine rings is 1. The summed E-state index contributed by atoms with van der Waals surface area (Å²) in [4.78, 5) is 19.1. The Labute approximate surface area is 209 Å². The molecule has 3 rings (SSSR count). The van der Waals surface area contributed by atoms with E-state index in [0.717, 1.165) is 5.82 Å². The van der Waals surface area contributed by atoms with Gasteiger partial charge in [0, 0.05) is 0 Å². The standard InChI is InChI=1S/C13H13N4O2.C13H27.Sn/c1-16-7-5-13(19,12(16)18)10-8-15-17(9-10)11-4-2-3-6-14-11;1-4-7-10-13(11-8-5-2)12-9-6-3;/h2-4,8-9,19H,5,7H2,1H3;4-12H2,1-3H3;. The van der Waals surface area contributed by atoms with Crippen LogP contribution in [0.15, 0.2) is 30.6 Å². The van der Waals surface area contributed by atoms with E-state index in [-0.39, 0.29) is 5.91 Å². The predicted molar refractivity (Wildman–Crippen MR) is 134 cm³/mol. The Morgan fingerprint density at radius 1 is 1.09 bits per heavy atom. The van der Waals surface area contributed by atoms with Gasteiger partial charge in [0.2, 0.25) is 0 Å². The topological polar surface area (TPSA) is 71.2 Å². The number of aliphatic hydroxyl groups is 1. The molecule has 0 spiro atoms. The maximum absolute atomic E-state index is 12.5. The second-order valence-corrected chi connectivity index (χ2v) is 14.8. The fraction of sp³-hybridized carbons (Fsp3) is 0.654. The Hall–Kier alpha value is -1.41. The zero-order valence-electron chi connectivity index (χ0n) is 20.8. The molecule has 1 unspecified atom stereocenters. The number of hydrogen-bond donors (Lipinski definition) is 1. The van der Waals surface area contributed by atoms with E-state index in [1.165, 1.54) is 61.5 Å². The quantitative estimate of drug-likeness (QED) is 0.370. The first-order chi connectivity index (χ1) is 15.9. The molecule has 7 heteroatoms. The molecule has 0 aliphatic carbocycles. The fourth-order valence-corrected chi connectivity index (χ4v) is 9.92. The molecule has 3 heterocycles. The average Bonchev–Trinajstić information content (AvgIpc) is 3.43. The minimum absolute atomic E-state index is 0.259. The van der Waals surface area contributed by atoms with Crippen LogP contribution < -0.4 is 3.71 Å². The van der Waals surface area contributed by atoms with Crippen molar-refractivity contribution in [3.05, 3.63) is 36.2 Å². The van der Waals surface area contributed by atoms with E-state index in [0.29, 0.717) is 22.0 Å². The molecule has 6 nitrogen and oxygen atoms in total. The minimum atomic E-state index is -1.48. The van der Waals surface area contributed by atoms with Gasteiger partial charge in [0.1, 0.15) is 0 Å². The molecule has 1 N–H and O–H groups in total. The van der Waals surface area contributed by atoms with Crippen LogP contribution in [0.5, 0.6) is 0 Å². The Kier molecular flexibility index (Phi) is 9.39. The van der Waals surface area contributed by atoms with Crippen LogP contribution in [0.1, 0.15) is 90.5 Å². The van der Waals surface area contributed by atoms with Crippen molar-refractivity contribution in [1.29, 1.82) is 0 Å². The predicted octanol–water partition coefficient (Wildman–Crippen LogP) is 4.38. The van der Waals surface area contributed by atoms with Crippen LogP contribution in [-0.4, -0.2) is 65.4 Å². The maximum atomic E-state index is 12.5. The Balaban J connectivity index is 1.84. The summed E-state index contributed by atoms with van der Waals surface area (Å²) in [6.45, 7) is 7.44. The molecular weight excluding hydrogens is 519 g/mol. The molecule has 0 aromatic carbocycles. The molecule has 2 aromatic heterocycles. The molecule has 1 aliphatic heterocycles. The second kappa shape index (κ2) is 11.8. The Morgan fingerprint density at radius 2 is 1.73 bits per heavy atom. The van der Waals surface area contributed by atoms with Crippen molar-refractivity contribution < 1.29 is 9.90 Å². The molecular formula is C26H40N4O2Sn. The van der Waals surface area contributed by atoms with Crippen LogP contribution in [0.3, 0.4) is 0 Å². The summed E-state index contributed by atoms with van der Waals surface area (Å²) in [7, 11) is 1.73. The van der Waals surface area contributed by atoms with Crippen molar-refractivity contribution in [2.45, 2.75) is 94.0 Å². The zero-order chi connectivity index (χ0) is 23.9. The van der Waals surface area contributed by atoms with Crippen LogP contribution in [0, 0.1) is 0 Å². The van der Waals surface area contributed by atoms with E-state index in [9.17, 15) is 9.90 Å². The van der Waals surface area contributed by atoms with Gasteiger partial charge in [-0.1, -0.05) is 0 Å². The van der Waals surface area contributed by atoms with Gasteiger partial charge < -0.3 is 0 Å². The number of nitrogens with zero attached hydrogens (tertiary/aromatic N) is 4. The third-order valence-electron chi connectivity index (χ3n) is 6.96. The molecule has 1 atom stereocenters. The molecule has 0 saturated carbocycles. The first-order valence-corrected chi connectivity index (χ1v) is 15.5. The van der Waals surface area contributed by atoms with Gasteiger partial charge in [0.15, 0.2) is 0 Å². The third-order valence-corrected chi connectivity index (χ3v) is 12.1. The van der Waals surface area contributed by atoms with Crippen molar-refractivity contribution in [2.24, 2.45) is 0 Å². The monoisotopic (exact) mass is 560 g/mol. The number of rotatable bonds is 13. The molecule has 1 fully saturated rings. The van der Waals surface area contributed by atoms with Gasteiger partial charge in [0.25, 0.3) is 0 Å². The van der Waals surface area contributed by atoms with Crippen LogP contribution in [0.4, 0.5) is 0 Å². The van der Waals surface area contributed by atoms with Crippen molar-refractivity contribution in [3.63, 3.8) is 0 Å². The molecule has 2 aromatic rings. The number of likely N-dealkylation sites (tertiary alicyclic amines) is 1. The average molecular weight is 559 g/mol. The first kappa shape index (κ1) is 26.2. The summed E-state index contributed by atoms with van der Waals surface area (Å²) in [5, 5.41) is 15.4. The number of amides is 1. The molecule has 2 radical (unpaired) electrons. The van der Waals surface area contributed by atoms with Gasteiger partial charge in [-0.15, -0.1) is 0 Å². The zero-order valence-corrected chi connectivity index (χ0v) is 23.7. The molecule has 0 bridgehead atoms. The van der Waals surface area contributed by atoms with Gasteiger partial charge in [-0.25, -0.2) is 0 Å². The van der Waals surface area contributed by atoms with E-state index >= 15 is 0 Å². The van der Waals surface area contributed by atoms with Crippen LogP contribution in [0.2, 0.25) is 3.43 Å². The number of carbonyl (C=O) groups excluding carboxylic acids is 1. The molecule has 180 valence electrons. The molecule has 1 aliphatic rings. The van der Waals surface area contributed by atoms with Crippen LogP contribution in [-0.2, 0) is 10.4 Å². The number of aromatic nitrogens is 3.